The predicted molar refractivity (Wildman–Crippen MR) is 65.3 cm³/mol. The predicted octanol–water partition coefficient (Wildman–Crippen LogP) is 0.653. The third-order valence-electron chi connectivity index (χ3n) is 3.32. The summed E-state index contributed by atoms with van der Waals surface area (Å²) in [4.78, 5) is 11.7. The molecule has 0 bridgehead atoms. The Bertz CT molecular complexity index is 399. The van der Waals surface area contributed by atoms with Gasteiger partial charge in [-0.05, 0) is 32.2 Å². The summed E-state index contributed by atoms with van der Waals surface area (Å²) in [5.74, 6) is 0.0946. The van der Waals surface area contributed by atoms with Gasteiger partial charge in [-0.1, -0.05) is 0 Å². The molecule has 0 saturated carbocycles. The van der Waals surface area contributed by atoms with Crippen molar-refractivity contribution in [3.05, 3.63) is 17.5 Å². The molecule has 3 N–H and O–H groups in total. The van der Waals surface area contributed by atoms with Crippen LogP contribution in [0.4, 0.5) is 0 Å². The van der Waals surface area contributed by atoms with Gasteiger partial charge in [0.15, 0.2) is 0 Å². The number of aryl methyl sites for hydroxylation is 1. The first-order chi connectivity index (χ1) is 8.22. The topological polar surface area (TPSA) is 72.9 Å². The minimum atomic E-state index is 0.0946. The lowest BCUT2D eigenvalue weighted by molar-refractivity contribution is -0.122. The summed E-state index contributed by atoms with van der Waals surface area (Å²) >= 11 is 0. The highest BCUT2D eigenvalue weighted by Gasteiger charge is 2.24. The Morgan fingerprint density at radius 3 is 3.29 bits per heavy atom. The smallest absolute Gasteiger partial charge is 0.220 e. The van der Waals surface area contributed by atoms with E-state index < -0.39 is 0 Å². The maximum atomic E-state index is 11.7. The van der Waals surface area contributed by atoms with Gasteiger partial charge in [0.05, 0.1) is 12.2 Å². The zero-order valence-electron chi connectivity index (χ0n) is 10.3. The fraction of sp³-hybridized carbons (Fsp3) is 0.667. The van der Waals surface area contributed by atoms with Crippen LogP contribution in [0.1, 0.15) is 43.0 Å². The SMILES string of the molecule is Cn1ncc2c1CCCC2NC(=O)CCCN. The highest BCUT2D eigenvalue weighted by Crippen LogP contribution is 2.29. The van der Waals surface area contributed by atoms with Gasteiger partial charge >= 0.3 is 0 Å². The van der Waals surface area contributed by atoms with Gasteiger partial charge in [-0.2, -0.15) is 5.10 Å². The van der Waals surface area contributed by atoms with E-state index >= 15 is 0 Å². The van der Waals surface area contributed by atoms with Crippen LogP contribution in [-0.2, 0) is 18.3 Å². The molecule has 0 spiro atoms. The quantitative estimate of drug-likeness (QED) is 0.806. The molecule has 0 aliphatic heterocycles. The first-order valence-electron chi connectivity index (χ1n) is 6.22. The summed E-state index contributed by atoms with van der Waals surface area (Å²) in [6.07, 6.45) is 6.31. The molecule has 1 aromatic rings. The largest absolute Gasteiger partial charge is 0.349 e. The van der Waals surface area contributed by atoms with Crippen LogP contribution in [0.15, 0.2) is 6.20 Å². The molecule has 5 heteroatoms. The van der Waals surface area contributed by atoms with Crippen molar-refractivity contribution in [1.82, 2.24) is 15.1 Å². The van der Waals surface area contributed by atoms with Crippen LogP contribution in [0.3, 0.4) is 0 Å². The Hall–Kier alpha value is -1.36. The molecule has 94 valence electrons. The Kier molecular flexibility index (Phi) is 3.78. The Morgan fingerprint density at radius 2 is 2.53 bits per heavy atom. The number of aromatic nitrogens is 2. The van der Waals surface area contributed by atoms with Gasteiger partial charge in [0, 0.05) is 24.7 Å². The van der Waals surface area contributed by atoms with Crippen LogP contribution in [0.5, 0.6) is 0 Å². The lowest BCUT2D eigenvalue weighted by Gasteiger charge is -2.23. The Balaban J connectivity index is 2.01. The summed E-state index contributed by atoms with van der Waals surface area (Å²) in [6, 6.07) is 0.137. The third-order valence-corrected chi connectivity index (χ3v) is 3.32. The zero-order chi connectivity index (χ0) is 12.3. The van der Waals surface area contributed by atoms with E-state index in [0.29, 0.717) is 13.0 Å². The van der Waals surface area contributed by atoms with Crippen molar-refractivity contribution in [2.45, 2.75) is 38.1 Å². The minimum Gasteiger partial charge on any atom is -0.349 e. The van der Waals surface area contributed by atoms with Crippen molar-refractivity contribution < 1.29 is 4.79 Å². The average molecular weight is 236 g/mol. The minimum absolute atomic E-state index is 0.0946. The molecule has 1 aromatic heterocycles. The summed E-state index contributed by atoms with van der Waals surface area (Å²) in [6.45, 7) is 0.566. The summed E-state index contributed by atoms with van der Waals surface area (Å²) in [5.41, 5.74) is 7.83. The lowest BCUT2D eigenvalue weighted by atomic mass is 9.93. The van der Waals surface area contributed by atoms with Crippen molar-refractivity contribution in [2.75, 3.05) is 6.54 Å². The molecule has 0 aromatic carbocycles. The van der Waals surface area contributed by atoms with Gasteiger partial charge < -0.3 is 11.1 Å². The second-order valence-corrected chi connectivity index (χ2v) is 4.57. The molecule has 17 heavy (non-hydrogen) atoms. The third kappa shape index (κ3) is 2.66. The van der Waals surface area contributed by atoms with E-state index in [2.05, 4.69) is 10.4 Å². The lowest BCUT2D eigenvalue weighted by Crippen LogP contribution is -2.31. The van der Waals surface area contributed by atoms with E-state index in [0.717, 1.165) is 25.7 Å². The molecule has 1 atom stereocenters. The van der Waals surface area contributed by atoms with Gasteiger partial charge in [0.1, 0.15) is 0 Å². The van der Waals surface area contributed by atoms with E-state index in [-0.39, 0.29) is 11.9 Å². The Labute approximate surface area is 101 Å². The molecular formula is C12H20N4O. The Morgan fingerprint density at radius 1 is 1.71 bits per heavy atom. The molecule has 1 amide bonds. The van der Waals surface area contributed by atoms with Crippen LogP contribution in [0, 0.1) is 0 Å². The average Bonchev–Trinajstić information content (AvgIpc) is 2.70. The van der Waals surface area contributed by atoms with Crippen LogP contribution < -0.4 is 11.1 Å². The van der Waals surface area contributed by atoms with Crippen molar-refractivity contribution in [3.8, 4) is 0 Å². The van der Waals surface area contributed by atoms with Crippen molar-refractivity contribution in [2.24, 2.45) is 12.8 Å². The number of nitrogens with two attached hydrogens (primary N) is 1. The van der Waals surface area contributed by atoms with Crippen LogP contribution in [-0.4, -0.2) is 22.2 Å². The monoisotopic (exact) mass is 236 g/mol. The summed E-state index contributed by atoms with van der Waals surface area (Å²) in [7, 11) is 1.96. The van der Waals surface area contributed by atoms with E-state index in [1.165, 1.54) is 11.3 Å². The second kappa shape index (κ2) is 5.31. The number of carbonyl (C=O) groups excluding carboxylic acids is 1. The number of hydrogen-bond acceptors (Lipinski definition) is 3. The summed E-state index contributed by atoms with van der Waals surface area (Å²) in [5, 5.41) is 7.34. The first-order valence-corrected chi connectivity index (χ1v) is 6.22. The molecule has 1 aliphatic rings. The molecular weight excluding hydrogens is 216 g/mol. The fourth-order valence-corrected chi connectivity index (χ4v) is 2.39. The van der Waals surface area contributed by atoms with Crippen LogP contribution in [0.25, 0.3) is 0 Å². The highest BCUT2D eigenvalue weighted by molar-refractivity contribution is 5.76. The second-order valence-electron chi connectivity index (χ2n) is 4.57. The number of fused-ring (bicyclic) bond motifs is 1. The van der Waals surface area contributed by atoms with Gasteiger partial charge in [-0.25, -0.2) is 0 Å². The maximum absolute atomic E-state index is 11.7. The molecule has 1 heterocycles. The normalized spacial score (nSPS) is 18.8. The number of carbonyl (C=O) groups is 1. The van der Waals surface area contributed by atoms with Crippen LogP contribution >= 0.6 is 0 Å². The fourth-order valence-electron chi connectivity index (χ4n) is 2.39. The maximum Gasteiger partial charge on any atom is 0.220 e. The van der Waals surface area contributed by atoms with Crippen molar-refractivity contribution >= 4 is 5.91 Å². The first kappa shape index (κ1) is 12.1. The van der Waals surface area contributed by atoms with Gasteiger partial charge in [-0.15, -0.1) is 0 Å². The molecule has 0 fully saturated rings. The molecule has 0 saturated heterocycles. The highest BCUT2D eigenvalue weighted by atomic mass is 16.1. The molecule has 0 radical (unpaired) electrons. The molecule has 2 rings (SSSR count). The van der Waals surface area contributed by atoms with Crippen molar-refractivity contribution in [3.63, 3.8) is 0 Å². The number of hydrogen-bond donors (Lipinski definition) is 2. The number of rotatable bonds is 4. The number of amides is 1. The zero-order valence-corrected chi connectivity index (χ0v) is 10.3. The van der Waals surface area contributed by atoms with Gasteiger partial charge in [0.25, 0.3) is 0 Å². The number of nitrogens with one attached hydrogen (secondary N) is 1. The van der Waals surface area contributed by atoms with E-state index in [9.17, 15) is 4.79 Å². The standard InChI is InChI=1S/C12H20N4O/c1-16-11-5-2-4-10(9(11)8-14-16)15-12(17)6-3-7-13/h8,10H,2-7,13H2,1H3,(H,15,17). The molecule has 1 aliphatic carbocycles. The molecule has 1 unspecified atom stereocenters. The van der Waals surface area contributed by atoms with Crippen molar-refractivity contribution in [1.29, 1.82) is 0 Å². The van der Waals surface area contributed by atoms with E-state index in [1.807, 2.05) is 17.9 Å². The summed E-state index contributed by atoms with van der Waals surface area (Å²) < 4.78 is 1.91. The van der Waals surface area contributed by atoms with Gasteiger partial charge in [0.2, 0.25) is 5.91 Å². The van der Waals surface area contributed by atoms with Gasteiger partial charge in [-0.3, -0.25) is 9.48 Å². The van der Waals surface area contributed by atoms with E-state index in [4.69, 9.17) is 5.73 Å². The van der Waals surface area contributed by atoms with E-state index in [1.54, 1.807) is 0 Å². The number of nitrogens with zero attached hydrogens (tertiary/aromatic N) is 2. The van der Waals surface area contributed by atoms with Crippen LogP contribution in [0.2, 0.25) is 0 Å². The molecule has 5 nitrogen and oxygen atoms in total.